The number of anilines is 1. The zero-order valence-electron chi connectivity index (χ0n) is 12.2. The third-order valence-corrected chi connectivity index (χ3v) is 4.21. The van der Waals surface area contributed by atoms with Gasteiger partial charge < -0.3 is 11.1 Å². The van der Waals surface area contributed by atoms with Gasteiger partial charge >= 0.3 is 0 Å². The van der Waals surface area contributed by atoms with Crippen molar-refractivity contribution in [3.05, 3.63) is 51.2 Å². The van der Waals surface area contributed by atoms with E-state index in [1.165, 1.54) is 16.2 Å². The molecule has 3 nitrogen and oxygen atoms in total. The van der Waals surface area contributed by atoms with Crippen molar-refractivity contribution >= 4 is 22.9 Å². The summed E-state index contributed by atoms with van der Waals surface area (Å²) in [7, 11) is 0. The largest absolute Gasteiger partial charge is 0.320 e. The van der Waals surface area contributed by atoms with Gasteiger partial charge in [0.1, 0.15) is 0 Å². The molecular formula is C17H18N2OS. The highest BCUT2D eigenvalue weighted by atomic mass is 32.1. The van der Waals surface area contributed by atoms with Crippen LogP contribution in [0.5, 0.6) is 0 Å². The molecule has 0 unspecified atom stereocenters. The van der Waals surface area contributed by atoms with Crippen LogP contribution in [0.1, 0.15) is 32.6 Å². The molecule has 0 bridgehead atoms. The highest BCUT2D eigenvalue weighted by molar-refractivity contribution is 7.14. The maximum absolute atomic E-state index is 12.3. The SMILES string of the molecule is CCc1ccc(C(=O)Nc2ccc(C)cc2C#CCN)s1. The zero-order chi connectivity index (χ0) is 15.2. The summed E-state index contributed by atoms with van der Waals surface area (Å²) in [6.45, 7) is 4.37. The minimum absolute atomic E-state index is 0.0978. The number of thiophene rings is 1. The molecule has 4 heteroatoms. The molecule has 0 saturated heterocycles. The first-order valence-corrected chi connectivity index (χ1v) is 7.65. The number of rotatable bonds is 3. The molecule has 0 spiro atoms. The summed E-state index contributed by atoms with van der Waals surface area (Å²) >= 11 is 1.52. The monoisotopic (exact) mass is 298 g/mol. The van der Waals surface area contributed by atoms with E-state index in [4.69, 9.17) is 5.73 Å². The molecule has 0 atom stereocenters. The fourth-order valence-electron chi connectivity index (χ4n) is 1.89. The van der Waals surface area contributed by atoms with Crippen LogP contribution in [0.2, 0.25) is 0 Å². The minimum atomic E-state index is -0.0978. The standard InChI is InChI=1S/C17H18N2OS/c1-3-14-7-9-16(21-14)17(20)19-15-8-6-12(2)11-13(15)5-4-10-18/h6-9,11H,3,10,18H2,1-2H3,(H,19,20). The summed E-state index contributed by atoms with van der Waals surface area (Å²) in [6, 6.07) is 9.63. The number of nitrogens with one attached hydrogen (secondary N) is 1. The molecule has 108 valence electrons. The average Bonchev–Trinajstić information content (AvgIpc) is 2.96. The van der Waals surface area contributed by atoms with Crippen LogP contribution in [-0.4, -0.2) is 12.5 Å². The third-order valence-electron chi connectivity index (χ3n) is 2.98. The Kier molecular flexibility index (Phi) is 5.15. The molecule has 1 amide bonds. The van der Waals surface area contributed by atoms with Crippen molar-refractivity contribution in [2.45, 2.75) is 20.3 Å². The Morgan fingerprint density at radius 1 is 1.33 bits per heavy atom. The Morgan fingerprint density at radius 3 is 2.81 bits per heavy atom. The second-order valence-corrected chi connectivity index (χ2v) is 5.80. The smallest absolute Gasteiger partial charge is 0.265 e. The Balaban J connectivity index is 2.24. The van der Waals surface area contributed by atoms with Gasteiger partial charge in [0.05, 0.1) is 17.1 Å². The molecule has 0 aliphatic carbocycles. The molecule has 1 heterocycles. The van der Waals surface area contributed by atoms with Gasteiger partial charge in [-0.05, 0) is 43.2 Å². The number of benzene rings is 1. The van der Waals surface area contributed by atoms with E-state index >= 15 is 0 Å². The predicted molar refractivity (Wildman–Crippen MR) is 88.8 cm³/mol. The molecule has 0 radical (unpaired) electrons. The van der Waals surface area contributed by atoms with E-state index in [2.05, 4.69) is 24.1 Å². The maximum Gasteiger partial charge on any atom is 0.265 e. The van der Waals surface area contributed by atoms with Crippen molar-refractivity contribution in [2.75, 3.05) is 11.9 Å². The summed E-state index contributed by atoms with van der Waals surface area (Å²) in [5.41, 5.74) is 8.02. The Morgan fingerprint density at radius 2 is 2.14 bits per heavy atom. The number of carbonyl (C=O) groups excluding carboxylic acids is 1. The van der Waals surface area contributed by atoms with Gasteiger partial charge in [-0.1, -0.05) is 24.8 Å². The van der Waals surface area contributed by atoms with Crippen molar-refractivity contribution in [1.29, 1.82) is 0 Å². The van der Waals surface area contributed by atoms with Crippen molar-refractivity contribution in [3.8, 4) is 11.8 Å². The van der Waals surface area contributed by atoms with E-state index in [9.17, 15) is 4.79 Å². The van der Waals surface area contributed by atoms with Crippen LogP contribution in [-0.2, 0) is 6.42 Å². The van der Waals surface area contributed by atoms with Crippen LogP contribution < -0.4 is 11.1 Å². The highest BCUT2D eigenvalue weighted by Gasteiger charge is 2.11. The number of hydrogen-bond donors (Lipinski definition) is 2. The number of carbonyl (C=O) groups is 1. The summed E-state index contributed by atoms with van der Waals surface area (Å²) in [5.74, 6) is 5.73. The van der Waals surface area contributed by atoms with Crippen molar-refractivity contribution < 1.29 is 4.79 Å². The molecule has 3 N–H and O–H groups in total. The maximum atomic E-state index is 12.3. The highest BCUT2D eigenvalue weighted by Crippen LogP contribution is 2.21. The van der Waals surface area contributed by atoms with E-state index in [0.29, 0.717) is 11.4 Å². The Hall–Kier alpha value is -2.09. The van der Waals surface area contributed by atoms with Crippen LogP contribution in [0.4, 0.5) is 5.69 Å². The first kappa shape index (κ1) is 15.3. The van der Waals surface area contributed by atoms with Crippen LogP contribution in [0.15, 0.2) is 30.3 Å². The molecule has 0 saturated carbocycles. The Labute approximate surface area is 129 Å². The second-order valence-electron chi connectivity index (χ2n) is 4.63. The summed E-state index contributed by atoms with van der Waals surface area (Å²) in [4.78, 5) is 14.2. The van der Waals surface area contributed by atoms with Gasteiger partial charge in [-0.3, -0.25) is 4.79 Å². The van der Waals surface area contributed by atoms with Crippen LogP contribution >= 0.6 is 11.3 Å². The van der Waals surface area contributed by atoms with Gasteiger partial charge in [0.2, 0.25) is 0 Å². The molecule has 0 fully saturated rings. The molecular weight excluding hydrogens is 280 g/mol. The summed E-state index contributed by atoms with van der Waals surface area (Å²) in [5, 5.41) is 2.93. The zero-order valence-corrected chi connectivity index (χ0v) is 13.0. The van der Waals surface area contributed by atoms with E-state index < -0.39 is 0 Å². The van der Waals surface area contributed by atoms with Crippen molar-refractivity contribution in [3.63, 3.8) is 0 Å². The van der Waals surface area contributed by atoms with Gasteiger partial charge in [0, 0.05) is 10.4 Å². The van der Waals surface area contributed by atoms with Crippen LogP contribution in [0.25, 0.3) is 0 Å². The number of nitrogens with two attached hydrogens (primary N) is 1. The van der Waals surface area contributed by atoms with E-state index in [-0.39, 0.29) is 5.91 Å². The van der Waals surface area contributed by atoms with Gasteiger partial charge in [-0.2, -0.15) is 0 Å². The summed E-state index contributed by atoms with van der Waals surface area (Å²) in [6.07, 6.45) is 0.940. The number of amides is 1. The van der Waals surface area contributed by atoms with E-state index in [0.717, 1.165) is 23.2 Å². The Bertz CT molecular complexity index is 707. The molecule has 2 rings (SSSR count). The van der Waals surface area contributed by atoms with Gasteiger partial charge in [0.25, 0.3) is 5.91 Å². The second kappa shape index (κ2) is 7.07. The van der Waals surface area contributed by atoms with Crippen molar-refractivity contribution in [2.24, 2.45) is 5.73 Å². The molecule has 1 aromatic heterocycles. The topological polar surface area (TPSA) is 55.1 Å². The molecule has 21 heavy (non-hydrogen) atoms. The quantitative estimate of drug-likeness (QED) is 0.855. The third kappa shape index (κ3) is 3.94. The van der Waals surface area contributed by atoms with Crippen molar-refractivity contribution in [1.82, 2.24) is 0 Å². The molecule has 1 aromatic carbocycles. The first-order valence-electron chi connectivity index (χ1n) is 6.83. The number of hydrogen-bond acceptors (Lipinski definition) is 3. The van der Waals surface area contributed by atoms with Crippen LogP contribution in [0.3, 0.4) is 0 Å². The van der Waals surface area contributed by atoms with Gasteiger partial charge in [0.15, 0.2) is 0 Å². The lowest BCUT2D eigenvalue weighted by atomic mass is 10.1. The normalized spacial score (nSPS) is 9.86. The molecule has 2 aromatic rings. The first-order chi connectivity index (χ1) is 10.1. The summed E-state index contributed by atoms with van der Waals surface area (Å²) < 4.78 is 0. The number of aryl methyl sites for hydroxylation is 2. The lowest BCUT2D eigenvalue weighted by Gasteiger charge is -2.07. The molecule has 0 aliphatic heterocycles. The minimum Gasteiger partial charge on any atom is -0.320 e. The van der Waals surface area contributed by atoms with Crippen LogP contribution in [0, 0.1) is 18.8 Å². The van der Waals surface area contributed by atoms with E-state index in [1.807, 2.05) is 37.3 Å². The van der Waals surface area contributed by atoms with Gasteiger partial charge in [-0.25, -0.2) is 0 Å². The van der Waals surface area contributed by atoms with E-state index in [1.54, 1.807) is 0 Å². The van der Waals surface area contributed by atoms with Gasteiger partial charge in [-0.15, -0.1) is 11.3 Å². The predicted octanol–water partition coefficient (Wildman–Crippen LogP) is 3.18. The fourth-order valence-corrected chi connectivity index (χ4v) is 2.73. The lowest BCUT2D eigenvalue weighted by Crippen LogP contribution is -2.11. The average molecular weight is 298 g/mol. The molecule has 0 aliphatic rings. The fraction of sp³-hybridized carbons (Fsp3) is 0.235. The lowest BCUT2D eigenvalue weighted by molar-refractivity contribution is 0.103.